The van der Waals surface area contributed by atoms with Crippen molar-refractivity contribution >= 4 is 17.2 Å². The van der Waals surface area contributed by atoms with Gasteiger partial charge in [-0.15, -0.1) is 0 Å². The average Bonchev–Trinajstić information content (AvgIpc) is 2.46. The van der Waals surface area contributed by atoms with Crippen LogP contribution in [0.5, 0.6) is 0 Å². The van der Waals surface area contributed by atoms with Crippen molar-refractivity contribution in [2.45, 2.75) is 13.3 Å². The predicted molar refractivity (Wildman–Crippen MR) is 77.7 cm³/mol. The molecule has 0 atom stereocenters. The molecular weight excluding hydrogens is 222 g/mol. The number of hydrogen-bond donors (Lipinski definition) is 1. The molecule has 0 unspecified atom stereocenters. The number of hydrogen-bond acceptors (Lipinski definition) is 3. The lowest BCUT2D eigenvalue weighted by molar-refractivity contribution is 1.13. The molecule has 0 saturated carbocycles. The quantitative estimate of drug-likeness (QED) is 0.888. The van der Waals surface area contributed by atoms with Crippen LogP contribution in [0.3, 0.4) is 0 Å². The van der Waals surface area contributed by atoms with E-state index in [1.165, 1.54) is 11.3 Å². The molecule has 2 aromatic rings. The van der Waals surface area contributed by atoms with Crippen molar-refractivity contribution in [3.63, 3.8) is 0 Å². The molecule has 94 valence electrons. The summed E-state index contributed by atoms with van der Waals surface area (Å²) < 4.78 is 0. The molecule has 2 rings (SSSR count). The smallest absolute Gasteiger partial charge is 0.127 e. The molecule has 0 amide bonds. The van der Waals surface area contributed by atoms with Gasteiger partial charge in [-0.1, -0.05) is 19.1 Å². The first-order valence-corrected chi connectivity index (χ1v) is 6.21. The molecule has 1 N–H and O–H groups in total. The largest absolute Gasteiger partial charge is 0.373 e. The molecule has 0 spiro atoms. The summed E-state index contributed by atoms with van der Waals surface area (Å²) in [6, 6.07) is 12.7. The molecule has 1 aromatic carbocycles. The van der Waals surface area contributed by atoms with Gasteiger partial charge in [-0.3, -0.25) is 0 Å². The van der Waals surface area contributed by atoms with Gasteiger partial charge >= 0.3 is 0 Å². The molecular formula is C15H19N3. The zero-order valence-corrected chi connectivity index (χ0v) is 11.1. The summed E-state index contributed by atoms with van der Waals surface area (Å²) >= 11 is 0. The molecule has 1 heterocycles. The molecule has 0 radical (unpaired) electrons. The van der Waals surface area contributed by atoms with E-state index in [9.17, 15) is 0 Å². The minimum absolute atomic E-state index is 0.879. The van der Waals surface area contributed by atoms with Gasteiger partial charge in [-0.2, -0.15) is 0 Å². The van der Waals surface area contributed by atoms with Gasteiger partial charge in [-0.05, 0) is 30.2 Å². The monoisotopic (exact) mass is 241 g/mol. The lowest BCUT2D eigenvalue weighted by Gasteiger charge is -2.20. The third-order valence-electron chi connectivity index (χ3n) is 3.12. The fourth-order valence-corrected chi connectivity index (χ4v) is 1.87. The summed E-state index contributed by atoms with van der Waals surface area (Å²) in [6.45, 7) is 2.17. The molecule has 3 nitrogen and oxygen atoms in total. The highest BCUT2D eigenvalue weighted by Crippen LogP contribution is 2.24. The van der Waals surface area contributed by atoms with Gasteiger partial charge in [0.25, 0.3) is 0 Å². The second-order valence-electron chi connectivity index (χ2n) is 4.23. The molecule has 0 fully saturated rings. The van der Waals surface area contributed by atoms with Gasteiger partial charge in [0.05, 0.1) is 0 Å². The first kappa shape index (κ1) is 12.4. The highest BCUT2D eigenvalue weighted by molar-refractivity contribution is 5.64. The van der Waals surface area contributed by atoms with E-state index in [2.05, 4.69) is 53.4 Å². The van der Waals surface area contributed by atoms with Gasteiger partial charge in [0.15, 0.2) is 0 Å². The summed E-state index contributed by atoms with van der Waals surface area (Å²) in [5.41, 5.74) is 3.66. The van der Waals surface area contributed by atoms with Crippen LogP contribution >= 0.6 is 0 Å². The third kappa shape index (κ3) is 2.62. The fraction of sp³-hybridized carbons (Fsp3) is 0.267. The summed E-state index contributed by atoms with van der Waals surface area (Å²) in [4.78, 5) is 6.38. The maximum Gasteiger partial charge on any atom is 0.127 e. The summed E-state index contributed by atoms with van der Waals surface area (Å²) in [5, 5.41) is 3.05. The molecule has 1 aromatic heterocycles. The highest BCUT2D eigenvalue weighted by atomic mass is 15.1. The average molecular weight is 241 g/mol. The Bertz CT molecular complexity index is 505. The molecule has 0 bridgehead atoms. The number of nitrogens with zero attached hydrogens (tertiary/aromatic N) is 2. The molecule has 0 saturated heterocycles. The first-order chi connectivity index (χ1) is 8.74. The predicted octanol–water partition coefficient (Wildman–Crippen LogP) is 3.45. The van der Waals surface area contributed by atoms with E-state index in [1.807, 2.05) is 25.4 Å². The lowest BCUT2D eigenvalue weighted by atomic mass is 10.1. The number of pyridine rings is 1. The Morgan fingerprint density at radius 3 is 2.44 bits per heavy atom. The highest BCUT2D eigenvalue weighted by Gasteiger charge is 2.04. The van der Waals surface area contributed by atoms with E-state index in [-0.39, 0.29) is 0 Å². The fourth-order valence-electron chi connectivity index (χ4n) is 1.87. The zero-order chi connectivity index (χ0) is 13.0. The Labute approximate surface area is 108 Å². The maximum absolute atomic E-state index is 4.22. The van der Waals surface area contributed by atoms with Crippen molar-refractivity contribution in [2.75, 3.05) is 24.3 Å². The first-order valence-electron chi connectivity index (χ1n) is 6.21. The molecule has 0 aliphatic rings. The Morgan fingerprint density at radius 1 is 1.11 bits per heavy atom. The molecule has 0 aliphatic carbocycles. The SMILES string of the molecule is CCc1ccc(N(C)c2ccnc(NC)c2)cc1. The van der Waals surface area contributed by atoms with Crippen LogP contribution in [0, 0.1) is 0 Å². The number of nitrogens with one attached hydrogen (secondary N) is 1. The van der Waals surface area contributed by atoms with Gasteiger partial charge < -0.3 is 10.2 Å². The van der Waals surface area contributed by atoms with E-state index >= 15 is 0 Å². The van der Waals surface area contributed by atoms with Crippen molar-refractivity contribution in [1.29, 1.82) is 0 Å². The summed E-state index contributed by atoms with van der Waals surface area (Å²) in [6.07, 6.45) is 2.89. The van der Waals surface area contributed by atoms with Crippen molar-refractivity contribution in [3.8, 4) is 0 Å². The summed E-state index contributed by atoms with van der Waals surface area (Å²) in [5.74, 6) is 0.879. The number of aromatic nitrogens is 1. The standard InChI is InChI=1S/C15H19N3/c1-4-12-5-7-13(8-6-12)18(3)14-9-10-17-15(11-14)16-2/h5-11H,4H2,1-3H3,(H,16,17). The second-order valence-corrected chi connectivity index (χ2v) is 4.23. The van der Waals surface area contributed by atoms with E-state index in [0.717, 1.165) is 17.9 Å². The van der Waals surface area contributed by atoms with Crippen molar-refractivity contribution < 1.29 is 0 Å². The van der Waals surface area contributed by atoms with Gasteiger partial charge in [0, 0.05) is 37.7 Å². The van der Waals surface area contributed by atoms with Gasteiger partial charge in [-0.25, -0.2) is 4.98 Å². The zero-order valence-electron chi connectivity index (χ0n) is 11.1. The Balaban J connectivity index is 2.25. The van der Waals surface area contributed by atoms with Crippen LogP contribution in [0.2, 0.25) is 0 Å². The van der Waals surface area contributed by atoms with Gasteiger partial charge in [0.2, 0.25) is 0 Å². The summed E-state index contributed by atoms with van der Waals surface area (Å²) in [7, 11) is 3.94. The Hall–Kier alpha value is -2.03. The minimum atomic E-state index is 0.879. The minimum Gasteiger partial charge on any atom is -0.373 e. The number of rotatable bonds is 4. The number of benzene rings is 1. The van der Waals surface area contributed by atoms with Crippen LogP contribution < -0.4 is 10.2 Å². The van der Waals surface area contributed by atoms with E-state index < -0.39 is 0 Å². The Kier molecular flexibility index (Phi) is 3.82. The van der Waals surface area contributed by atoms with Crippen LogP contribution in [-0.2, 0) is 6.42 Å². The normalized spacial score (nSPS) is 10.2. The molecule has 0 aliphatic heterocycles. The molecule has 18 heavy (non-hydrogen) atoms. The van der Waals surface area contributed by atoms with Crippen LogP contribution in [-0.4, -0.2) is 19.1 Å². The topological polar surface area (TPSA) is 28.2 Å². The Morgan fingerprint density at radius 2 is 1.83 bits per heavy atom. The number of aryl methyl sites for hydroxylation is 1. The lowest BCUT2D eigenvalue weighted by Crippen LogP contribution is -2.10. The van der Waals surface area contributed by atoms with Crippen LogP contribution in [0.1, 0.15) is 12.5 Å². The van der Waals surface area contributed by atoms with Crippen LogP contribution in [0.15, 0.2) is 42.6 Å². The van der Waals surface area contributed by atoms with Crippen molar-refractivity contribution in [2.24, 2.45) is 0 Å². The number of anilines is 3. The maximum atomic E-state index is 4.22. The third-order valence-corrected chi connectivity index (χ3v) is 3.12. The van der Waals surface area contributed by atoms with E-state index in [0.29, 0.717) is 0 Å². The van der Waals surface area contributed by atoms with Crippen LogP contribution in [0.25, 0.3) is 0 Å². The van der Waals surface area contributed by atoms with E-state index in [4.69, 9.17) is 0 Å². The molecule has 3 heteroatoms. The van der Waals surface area contributed by atoms with Crippen molar-refractivity contribution in [1.82, 2.24) is 4.98 Å². The van der Waals surface area contributed by atoms with E-state index in [1.54, 1.807) is 0 Å². The second kappa shape index (κ2) is 5.54. The van der Waals surface area contributed by atoms with Crippen molar-refractivity contribution in [3.05, 3.63) is 48.2 Å². The van der Waals surface area contributed by atoms with Gasteiger partial charge in [0.1, 0.15) is 5.82 Å². The van der Waals surface area contributed by atoms with Crippen LogP contribution in [0.4, 0.5) is 17.2 Å².